The van der Waals surface area contributed by atoms with E-state index in [0.29, 0.717) is 13.0 Å². The van der Waals surface area contributed by atoms with Crippen LogP contribution in [0.15, 0.2) is 12.2 Å². The van der Waals surface area contributed by atoms with E-state index in [4.69, 9.17) is 10.8 Å². The predicted molar refractivity (Wildman–Crippen MR) is 35.1 cm³/mol. The maximum Gasteiger partial charge on any atom is 0.303 e. The Bertz CT molecular complexity index is 110. The van der Waals surface area contributed by atoms with Gasteiger partial charge in [0.25, 0.3) is 0 Å². The Labute approximate surface area is 54.2 Å². The molecule has 0 aromatic carbocycles. The number of rotatable bonds is 4. The van der Waals surface area contributed by atoms with Crippen molar-refractivity contribution in [1.82, 2.24) is 0 Å². The molecule has 0 amide bonds. The highest BCUT2D eigenvalue weighted by molar-refractivity contribution is 5.66. The van der Waals surface area contributed by atoms with Crippen molar-refractivity contribution in [1.29, 1.82) is 0 Å². The van der Waals surface area contributed by atoms with Gasteiger partial charge in [0.2, 0.25) is 0 Å². The second-order valence-corrected chi connectivity index (χ2v) is 1.64. The average Bonchev–Trinajstić information content (AvgIpc) is 1.80. The summed E-state index contributed by atoms with van der Waals surface area (Å²) < 4.78 is 0. The molecule has 0 fully saturated rings. The highest BCUT2D eigenvalue weighted by Gasteiger charge is 1.90. The van der Waals surface area contributed by atoms with Crippen LogP contribution in [0.4, 0.5) is 0 Å². The van der Waals surface area contributed by atoms with Gasteiger partial charge >= 0.3 is 5.97 Å². The van der Waals surface area contributed by atoms with E-state index in [1.165, 1.54) is 0 Å². The van der Waals surface area contributed by atoms with Crippen molar-refractivity contribution in [2.75, 3.05) is 6.54 Å². The van der Waals surface area contributed by atoms with E-state index < -0.39 is 5.97 Å². The summed E-state index contributed by atoms with van der Waals surface area (Å²) in [7, 11) is 0. The number of aliphatic carboxylic acids is 1. The summed E-state index contributed by atoms with van der Waals surface area (Å²) in [5.74, 6) is -0.767. The summed E-state index contributed by atoms with van der Waals surface area (Å²) in [6.07, 6.45) is 4.29. The first-order chi connectivity index (χ1) is 4.27. The molecule has 3 N–H and O–H groups in total. The molecule has 0 spiro atoms. The molecular weight excluding hydrogens is 118 g/mol. The molecule has 0 saturated heterocycles. The summed E-state index contributed by atoms with van der Waals surface area (Å²) in [6, 6.07) is 0. The summed E-state index contributed by atoms with van der Waals surface area (Å²) in [6.45, 7) is 0.486. The van der Waals surface area contributed by atoms with Crippen LogP contribution in [0.2, 0.25) is 0 Å². The third-order valence-corrected chi connectivity index (χ3v) is 0.828. The first kappa shape index (κ1) is 8.17. The second-order valence-electron chi connectivity index (χ2n) is 1.64. The Kier molecular flexibility index (Phi) is 4.82. The molecule has 3 heteroatoms. The minimum atomic E-state index is -0.767. The lowest BCUT2D eigenvalue weighted by molar-refractivity contribution is -0.136. The predicted octanol–water partition coefficient (Wildman–Crippen LogP) is 0.366. The van der Waals surface area contributed by atoms with Crippen LogP contribution >= 0.6 is 0 Å². The highest BCUT2D eigenvalue weighted by Crippen LogP contribution is 1.88. The molecule has 0 aliphatic heterocycles. The van der Waals surface area contributed by atoms with Crippen LogP contribution in [0.1, 0.15) is 12.8 Å². The summed E-state index contributed by atoms with van der Waals surface area (Å²) in [4.78, 5) is 9.90. The monoisotopic (exact) mass is 129 g/mol. The number of carboxylic acid groups (broad SMARTS) is 1. The van der Waals surface area contributed by atoms with Crippen molar-refractivity contribution in [3.63, 3.8) is 0 Å². The van der Waals surface area contributed by atoms with Crippen LogP contribution in [-0.2, 0) is 4.79 Å². The van der Waals surface area contributed by atoms with Crippen LogP contribution in [0.3, 0.4) is 0 Å². The number of allylic oxidation sites excluding steroid dienone is 1. The third-order valence-electron chi connectivity index (χ3n) is 0.828. The molecule has 0 atom stereocenters. The molecule has 0 bridgehead atoms. The molecule has 0 aliphatic rings. The zero-order chi connectivity index (χ0) is 7.11. The average molecular weight is 129 g/mol. The van der Waals surface area contributed by atoms with Crippen molar-refractivity contribution < 1.29 is 9.90 Å². The van der Waals surface area contributed by atoms with E-state index in [1.807, 2.05) is 0 Å². The molecule has 0 saturated carbocycles. The first-order valence-electron chi connectivity index (χ1n) is 2.84. The van der Waals surface area contributed by atoms with E-state index in [2.05, 4.69) is 0 Å². The van der Waals surface area contributed by atoms with Crippen molar-refractivity contribution in [2.45, 2.75) is 12.8 Å². The molecule has 0 aromatic heterocycles. The first-order valence-corrected chi connectivity index (χ1v) is 2.84. The fourth-order valence-electron chi connectivity index (χ4n) is 0.421. The zero-order valence-corrected chi connectivity index (χ0v) is 5.21. The van der Waals surface area contributed by atoms with E-state index in [-0.39, 0.29) is 6.42 Å². The minimum Gasteiger partial charge on any atom is -0.481 e. The fraction of sp³-hybridized carbons (Fsp3) is 0.500. The lowest BCUT2D eigenvalue weighted by Gasteiger charge is -1.85. The molecule has 0 radical (unpaired) electrons. The minimum absolute atomic E-state index is 0.191. The standard InChI is InChI=1S/C6H11NO2/c7-5-3-1-2-4-6(8)9/h1,3H,2,4-5,7H2,(H,8,9). The Hall–Kier alpha value is -0.830. The Morgan fingerprint density at radius 3 is 2.67 bits per heavy atom. The maximum atomic E-state index is 9.90. The van der Waals surface area contributed by atoms with Gasteiger partial charge in [0.05, 0.1) is 0 Å². The summed E-state index contributed by atoms with van der Waals surface area (Å²) >= 11 is 0. The number of hydrogen-bond donors (Lipinski definition) is 2. The van der Waals surface area contributed by atoms with Crippen LogP contribution < -0.4 is 5.73 Å². The Morgan fingerprint density at radius 1 is 1.56 bits per heavy atom. The van der Waals surface area contributed by atoms with Gasteiger partial charge in [-0.15, -0.1) is 0 Å². The van der Waals surface area contributed by atoms with Gasteiger partial charge in [0.15, 0.2) is 0 Å². The van der Waals surface area contributed by atoms with E-state index in [1.54, 1.807) is 12.2 Å². The molecule has 0 rings (SSSR count). The number of carbonyl (C=O) groups is 1. The summed E-state index contributed by atoms with van der Waals surface area (Å²) in [5, 5.41) is 8.15. The zero-order valence-electron chi connectivity index (χ0n) is 5.21. The Morgan fingerprint density at radius 2 is 2.22 bits per heavy atom. The smallest absolute Gasteiger partial charge is 0.303 e. The van der Waals surface area contributed by atoms with Gasteiger partial charge in [-0.3, -0.25) is 4.79 Å². The van der Waals surface area contributed by atoms with Crippen molar-refractivity contribution in [3.8, 4) is 0 Å². The van der Waals surface area contributed by atoms with Crippen molar-refractivity contribution in [3.05, 3.63) is 12.2 Å². The molecule has 9 heavy (non-hydrogen) atoms. The normalized spacial score (nSPS) is 10.3. The van der Waals surface area contributed by atoms with Crippen LogP contribution in [0.25, 0.3) is 0 Å². The number of carboxylic acids is 1. The van der Waals surface area contributed by atoms with Gasteiger partial charge in [-0.1, -0.05) is 12.2 Å². The van der Waals surface area contributed by atoms with Gasteiger partial charge in [0, 0.05) is 13.0 Å². The Balaban J connectivity index is 3.09. The molecule has 52 valence electrons. The maximum absolute atomic E-state index is 9.90. The number of hydrogen-bond acceptors (Lipinski definition) is 2. The SMILES string of the molecule is NCC=CCCC(=O)O. The van der Waals surface area contributed by atoms with Gasteiger partial charge < -0.3 is 10.8 Å². The number of nitrogens with two attached hydrogens (primary N) is 1. The molecule has 0 aliphatic carbocycles. The van der Waals surface area contributed by atoms with Gasteiger partial charge in [-0.2, -0.15) is 0 Å². The largest absolute Gasteiger partial charge is 0.481 e. The van der Waals surface area contributed by atoms with E-state index >= 15 is 0 Å². The van der Waals surface area contributed by atoms with E-state index in [0.717, 1.165) is 0 Å². The second kappa shape index (κ2) is 5.31. The topological polar surface area (TPSA) is 63.3 Å². The van der Waals surface area contributed by atoms with Crippen LogP contribution in [0.5, 0.6) is 0 Å². The van der Waals surface area contributed by atoms with E-state index in [9.17, 15) is 4.79 Å². The lowest BCUT2D eigenvalue weighted by Crippen LogP contribution is -1.94. The molecule has 3 nitrogen and oxygen atoms in total. The molecule has 0 aromatic rings. The van der Waals surface area contributed by atoms with Crippen molar-refractivity contribution in [2.24, 2.45) is 5.73 Å². The van der Waals surface area contributed by atoms with Crippen LogP contribution in [0, 0.1) is 0 Å². The van der Waals surface area contributed by atoms with Gasteiger partial charge in [-0.05, 0) is 6.42 Å². The quantitative estimate of drug-likeness (QED) is 0.539. The molecular formula is C6H11NO2. The van der Waals surface area contributed by atoms with Crippen molar-refractivity contribution >= 4 is 5.97 Å². The highest BCUT2D eigenvalue weighted by atomic mass is 16.4. The van der Waals surface area contributed by atoms with Crippen LogP contribution in [-0.4, -0.2) is 17.6 Å². The van der Waals surface area contributed by atoms with Gasteiger partial charge in [0.1, 0.15) is 0 Å². The fourth-order valence-corrected chi connectivity index (χ4v) is 0.421. The molecule has 0 heterocycles. The lowest BCUT2D eigenvalue weighted by atomic mass is 10.3. The molecule has 0 unspecified atom stereocenters. The third kappa shape index (κ3) is 7.17. The van der Waals surface area contributed by atoms with Gasteiger partial charge in [-0.25, -0.2) is 0 Å². The summed E-state index contributed by atoms with van der Waals surface area (Å²) in [5.41, 5.74) is 5.11.